The topological polar surface area (TPSA) is 160 Å². The van der Waals surface area contributed by atoms with Crippen LogP contribution in [0.5, 0.6) is 0 Å². The lowest BCUT2D eigenvalue weighted by molar-refractivity contribution is -0.152. The predicted octanol–water partition coefficient (Wildman–Crippen LogP) is 4.30. The highest BCUT2D eigenvalue weighted by Crippen LogP contribution is 2.19. The summed E-state index contributed by atoms with van der Waals surface area (Å²) in [7, 11) is 1.65. The number of carbonyl (C=O) groups is 2. The van der Waals surface area contributed by atoms with Gasteiger partial charge in [-0.2, -0.15) is 0 Å². The number of rotatable bonds is 25. The molecule has 6 N–H and O–H groups in total. The number of esters is 1. The van der Waals surface area contributed by atoms with Crippen LogP contribution in [0, 0.1) is 0 Å². The smallest absolute Gasteiger partial charge is 0.397 e. The van der Waals surface area contributed by atoms with Gasteiger partial charge < -0.3 is 40.5 Å². The van der Waals surface area contributed by atoms with Crippen molar-refractivity contribution in [1.29, 1.82) is 0 Å². The third-order valence-electron chi connectivity index (χ3n) is 7.77. The largest absolute Gasteiger partial charge is 0.459 e. The van der Waals surface area contributed by atoms with Crippen LogP contribution in [0.25, 0.3) is 0 Å². The van der Waals surface area contributed by atoms with Crippen molar-refractivity contribution in [3.63, 3.8) is 0 Å². The lowest BCUT2D eigenvalue weighted by Crippen LogP contribution is -2.49. The summed E-state index contributed by atoms with van der Waals surface area (Å²) in [5.41, 5.74) is 1.02. The average Bonchev–Trinajstić information content (AvgIpc) is 3.01. The predicted molar refractivity (Wildman–Crippen MR) is 170 cm³/mol. The number of likely N-dealkylation sites (N-methyl/N-ethyl adjacent to an activating group) is 1. The minimum absolute atomic E-state index is 0.0756. The Morgan fingerprint density at radius 1 is 0.721 bits per heavy atom. The first kappa shape index (κ1) is 38.8. The number of carbonyl (C=O) groups excluding carboxylic acids is 2. The quantitative estimate of drug-likeness (QED) is 0.0539. The average molecular weight is 611 g/mol. The van der Waals surface area contributed by atoms with Crippen LogP contribution in [0.1, 0.15) is 110 Å². The summed E-state index contributed by atoms with van der Waals surface area (Å²) < 4.78 is 5.10. The molecule has 0 bridgehead atoms. The number of aliphatic hydroxyl groups is 5. The van der Waals surface area contributed by atoms with Crippen LogP contribution in [-0.4, -0.2) is 88.6 Å². The number of anilines is 2. The first-order chi connectivity index (χ1) is 20.7. The van der Waals surface area contributed by atoms with Gasteiger partial charge in [-0.25, -0.2) is 4.79 Å². The van der Waals surface area contributed by atoms with Crippen LogP contribution in [0.3, 0.4) is 0 Å². The fourth-order valence-corrected chi connectivity index (χ4v) is 4.92. The van der Waals surface area contributed by atoms with Crippen molar-refractivity contribution < 1.29 is 39.9 Å². The van der Waals surface area contributed by atoms with E-state index in [2.05, 4.69) is 12.2 Å². The molecular weight excluding hydrogens is 552 g/mol. The molecule has 0 aliphatic heterocycles. The molecule has 0 aromatic heterocycles. The van der Waals surface area contributed by atoms with E-state index in [0.717, 1.165) is 19.3 Å². The van der Waals surface area contributed by atoms with Gasteiger partial charge in [0.1, 0.15) is 18.3 Å². The van der Waals surface area contributed by atoms with Crippen molar-refractivity contribution in [2.45, 2.75) is 134 Å². The zero-order chi connectivity index (χ0) is 31.9. The van der Waals surface area contributed by atoms with Crippen molar-refractivity contribution in [3.8, 4) is 0 Å². The maximum Gasteiger partial charge on any atom is 0.397 e. The van der Waals surface area contributed by atoms with E-state index < -0.39 is 42.9 Å². The van der Waals surface area contributed by atoms with E-state index in [1.165, 1.54) is 83.5 Å². The van der Waals surface area contributed by atoms with Crippen LogP contribution >= 0.6 is 0 Å². The summed E-state index contributed by atoms with van der Waals surface area (Å²) in [4.78, 5) is 25.8. The zero-order valence-electron chi connectivity index (χ0n) is 26.5. The third kappa shape index (κ3) is 17.6. The Kier molecular flexibility index (Phi) is 21.8. The Morgan fingerprint density at radius 2 is 1.16 bits per heavy atom. The summed E-state index contributed by atoms with van der Waals surface area (Å²) in [6.45, 7) is 1.65. The molecule has 0 radical (unpaired) electrons. The monoisotopic (exact) mass is 610 g/mol. The van der Waals surface area contributed by atoms with Gasteiger partial charge in [0.25, 0.3) is 0 Å². The number of nitrogens with one attached hydrogen (secondary N) is 1. The highest BCUT2D eigenvalue weighted by Gasteiger charge is 2.30. The van der Waals surface area contributed by atoms with Crippen molar-refractivity contribution >= 4 is 23.3 Å². The van der Waals surface area contributed by atoms with Gasteiger partial charge in [0.05, 0.1) is 19.3 Å². The second kappa shape index (κ2) is 24.1. The summed E-state index contributed by atoms with van der Waals surface area (Å²) in [5.74, 6) is -1.78. The first-order valence-corrected chi connectivity index (χ1v) is 16.3. The highest BCUT2D eigenvalue weighted by molar-refractivity contribution is 6.37. The fraction of sp³-hybridized carbons (Fsp3) is 0.758. The zero-order valence-corrected chi connectivity index (χ0v) is 26.5. The van der Waals surface area contributed by atoms with Gasteiger partial charge in [-0.15, -0.1) is 0 Å². The number of hydrogen-bond acceptors (Lipinski definition) is 9. The second-order valence-corrected chi connectivity index (χ2v) is 11.6. The molecule has 1 aromatic rings. The van der Waals surface area contributed by atoms with Gasteiger partial charge in [-0.05, 0) is 30.7 Å². The van der Waals surface area contributed by atoms with E-state index in [4.69, 9.17) is 9.84 Å². The first-order valence-electron chi connectivity index (χ1n) is 16.3. The van der Waals surface area contributed by atoms with E-state index in [-0.39, 0.29) is 13.2 Å². The molecule has 0 spiro atoms. The van der Waals surface area contributed by atoms with Gasteiger partial charge in [-0.1, -0.05) is 103 Å². The Labute approximate surface area is 258 Å². The molecule has 10 nitrogen and oxygen atoms in total. The van der Waals surface area contributed by atoms with Crippen LogP contribution < -0.4 is 10.2 Å². The third-order valence-corrected chi connectivity index (χ3v) is 7.77. The summed E-state index contributed by atoms with van der Waals surface area (Å²) >= 11 is 0. The molecular formula is C33H58N2O8. The molecule has 10 heteroatoms. The molecule has 1 amide bonds. The van der Waals surface area contributed by atoms with Gasteiger partial charge >= 0.3 is 11.9 Å². The maximum atomic E-state index is 12.2. The van der Waals surface area contributed by atoms with E-state index in [9.17, 15) is 30.0 Å². The minimum Gasteiger partial charge on any atom is -0.459 e. The molecule has 1 aromatic carbocycles. The SMILES string of the molecule is CCCCCCCCCCCCCCCCCCOC(=O)C(=O)Nc1ccc(N(C)CC(O)C(O)C(O)C(O)CO)cc1. The van der Waals surface area contributed by atoms with E-state index in [1.54, 1.807) is 36.2 Å². The van der Waals surface area contributed by atoms with E-state index >= 15 is 0 Å². The Bertz CT molecular complexity index is 854. The molecule has 4 atom stereocenters. The molecule has 0 heterocycles. The van der Waals surface area contributed by atoms with E-state index in [1.807, 2.05) is 0 Å². The number of aliphatic hydroxyl groups excluding tert-OH is 5. The number of nitrogens with zero attached hydrogens (tertiary/aromatic N) is 1. The molecule has 0 saturated heterocycles. The maximum absolute atomic E-state index is 12.2. The molecule has 43 heavy (non-hydrogen) atoms. The number of benzene rings is 1. The Hall–Kier alpha value is -2.24. The van der Waals surface area contributed by atoms with Crippen molar-refractivity contribution in [3.05, 3.63) is 24.3 Å². The number of hydrogen-bond donors (Lipinski definition) is 6. The molecule has 0 aliphatic rings. The van der Waals surface area contributed by atoms with Crippen molar-refractivity contribution in [1.82, 2.24) is 0 Å². The summed E-state index contributed by atoms with van der Waals surface area (Å²) in [5, 5.41) is 50.7. The molecule has 0 fully saturated rings. The minimum atomic E-state index is -1.70. The number of ether oxygens (including phenoxy) is 1. The van der Waals surface area contributed by atoms with Gasteiger partial charge in [-0.3, -0.25) is 4.79 Å². The van der Waals surface area contributed by atoms with E-state index in [0.29, 0.717) is 11.4 Å². The number of amides is 1. The van der Waals surface area contributed by atoms with Crippen molar-refractivity contribution in [2.24, 2.45) is 0 Å². The van der Waals surface area contributed by atoms with Crippen LogP contribution in [0.4, 0.5) is 11.4 Å². The van der Waals surface area contributed by atoms with Crippen LogP contribution in [-0.2, 0) is 14.3 Å². The fourth-order valence-electron chi connectivity index (χ4n) is 4.92. The lowest BCUT2D eigenvalue weighted by Gasteiger charge is -2.29. The lowest BCUT2D eigenvalue weighted by atomic mass is 10.0. The summed E-state index contributed by atoms with van der Waals surface area (Å²) in [6, 6.07) is 6.46. The van der Waals surface area contributed by atoms with Crippen molar-refractivity contribution in [2.75, 3.05) is 37.0 Å². The molecule has 0 saturated carbocycles. The molecule has 4 unspecified atom stereocenters. The highest BCUT2D eigenvalue weighted by atomic mass is 16.5. The van der Waals surface area contributed by atoms with Crippen LogP contribution in [0.2, 0.25) is 0 Å². The van der Waals surface area contributed by atoms with Gasteiger partial charge in [0.2, 0.25) is 0 Å². The van der Waals surface area contributed by atoms with Gasteiger partial charge in [0.15, 0.2) is 0 Å². The second-order valence-electron chi connectivity index (χ2n) is 11.6. The van der Waals surface area contributed by atoms with Gasteiger partial charge in [0, 0.05) is 25.0 Å². The number of unbranched alkanes of at least 4 members (excludes halogenated alkanes) is 15. The molecule has 248 valence electrons. The standard InChI is InChI=1S/C33H58N2O8/c1-3-4-5-6-7-8-9-10-11-12-13-14-15-16-17-18-23-43-33(42)32(41)34-26-19-21-27(22-20-26)35(2)24-28(37)30(39)31(40)29(38)25-36/h19-22,28-31,36-40H,3-18,23-25H2,1-2H3,(H,34,41). The Morgan fingerprint density at radius 3 is 1.63 bits per heavy atom. The molecule has 1 rings (SSSR count). The molecule has 0 aliphatic carbocycles. The van der Waals surface area contributed by atoms with Crippen LogP contribution in [0.15, 0.2) is 24.3 Å². The summed E-state index contributed by atoms with van der Waals surface area (Å²) in [6.07, 6.45) is 13.8. The Balaban J connectivity index is 2.13. The normalized spacial score (nSPS) is 14.1.